The number of aliphatic hydroxyl groups excluding tert-OH is 1. The Kier molecular flexibility index (Phi) is 2.08. The number of fused-ring (bicyclic) bond motifs is 2. The van der Waals surface area contributed by atoms with Crippen LogP contribution in [0.3, 0.4) is 0 Å². The summed E-state index contributed by atoms with van der Waals surface area (Å²) in [7, 11) is 0. The molecule has 0 saturated heterocycles. The fraction of sp³-hybridized carbons (Fsp3) is 0.750. The van der Waals surface area contributed by atoms with Crippen LogP contribution in [0.15, 0.2) is 11.6 Å². The number of carboxylic acid groups (broad SMARTS) is 1. The Morgan fingerprint density at radius 1 is 1.44 bits per heavy atom. The molecule has 4 heteroatoms. The van der Waals surface area contributed by atoms with Crippen LogP contribution < -0.4 is 5.73 Å². The Balaban J connectivity index is 2.59. The fourth-order valence-electron chi connectivity index (χ4n) is 3.50. The maximum Gasteiger partial charge on any atom is 0.328 e. The molecule has 0 radical (unpaired) electrons. The molecule has 0 aromatic heterocycles. The van der Waals surface area contributed by atoms with Crippen molar-refractivity contribution >= 4 is 5.97 Å². The van der Waals surface area contributed by atoms with Crippen LogP contribution >= 0.6 is 0 Å². The molecular weight excluding hydrogens is 206 g/mol. The lowest BCUT2D eigenvalue weighted by Gasteiger charge is -2.38. The van der Waals surface area contributed by atoms with Gasteiger partial charge in [-0.2, -0.15) is 0 Å². The van der Waals surface area contributed by atoms with Crippen LogP contribution in [0, 0.1) is 10.8 Å². The monoisotopic (exact) mass is 225 g/mol. The number of aliphatic carboxylic acids is 1. The van der Waals surface area contributed by atoms with Crippen LogP contribution in [-0.4, -0.2) is 27.8 Å². The summed E-state index contributed by atoms with van der Waals surface area (Å²) < 4.78 is 0. The molecule has 0 heterocycles. The third kappa shape index (κ3) is 0.992. The van der Waals surface area contributed by atoms with E-state index in [-0.39, 0.29) is 10.8 Å². The predicted molar refractivity (Wildman–Crippen MR) is 59.8 cm³/mol. The predicted octanol–water partition coefficient (Wildman–Crippen LogP) is 0.896. The van der Waals surface area contributed by atoms with Crippen LogP contribution in [-0.2, 0) is 4.79 Å². The second kappa shape index (κ2) is 2.87. The molecule has 2 bridgehead atoms. The lowest BCUT2D eigenvalue weighted by Crippen LogP contribution is -2.49. The van der Waals surface area contributed by atoms with E-state index in [1.165, 1.54) is 0 Å². The molecule has 2 saturated carbocycles. The first-order valence-electron chi connectivity index (χ1n) is 5.59. The zero-order valence-corrected chi connectivity index (χ0v) is 9.95. The summed E-state index contributed by atoms with van der Waals surface area (Å²) in [4.78, 5) is 10.8. The number of rotatable bonds is 1. The lowest BCUT2D eigenvalue weighted by atomic mass is 9.68. The maximum absolute atomic E-state index is 10.8. The van der Waals surface area contributed by atoms with Crippen molar-refractivity contribution in [3.05, 3.63) is 11.6 Å². The number of carbonyl (C=O) groups is 1. The van der Waals surface area contributed by atoms with E-state index < -0.39 is 17.6 Å². The van der Waals surface area contributed by atoms with Crippen LogP contribution in [0.25, 0.3) is 0 Å². The lowest BCUT2D eigenvalue weighted by molar-refractivity contribution is -0.131. The van der Waals surface area contributed by atoms with Gasteiger partial charge in [0.25, 0.3) is 0 Å². The molecule has 2 rings (SSSR count). The van der Waals surface area contributed by atoms with Gasteiger partial charge in [-0.25, -0.2) is 4.79 Å². The quantitative estimate of drug-likeness (QED) is 0.579. The molecule has 0 spiro atoms. The molecule has 0 amide bonds. The zero-order valence-electron chi connectivity index (χ0n) is 9.95. The first-order valence-corrected chi connectivity index (χ1v) is 5.59. The van der Waals surface area contributed by atoms with Gasteiger partial charge in [0.2, 0.25) is 0 Å². The van der Waals surface area contributed by atoms with Gasteiger partial charge < -0.3 is 15.9 Å². The van der Waals surface area contributed by atoms with Crippen LogP contribution in [0.1, 0.15) is 33.6 Å². The molecular formula is C12H19NO3. The molecule has 2 aliphatic carbocycles. The van der Waals surface area contributed by atoms with Gasteiger partial charge in [-0.15, -0.1) is 0 Å². The van der Waals surface area contributed by atoms with E-state index in [1.807, 2.05) is 20.8 Å². The van der Waals surface area contributed by atoms with Crippen molar-refractivity contribution in [3.63, 3.8) is 0 Å². The summed E-state index contributed by atoms with van der Waals surface area (Å²) in [6.45, 7) is 6.03. The van der Waals surface area contributed by atoms with E-state index >= 15 is 0 Å². The minimum absolute atomic E-state index is 0.277. The highest BCUT2D eigenvalue weighted by Crippen LogP contribution is 2.68. The normalized spacial score (nSPS) is 47.6. The average molecular weight is 225 g/mol. The van der Waals surface area contributed by atoms with Crippen LogP contribution in [0.4, 0.5) is 0 Å². The van der Waals surface area contributed by atoms with Crippen molar-refractivity contribution in [1.29, 1.82) is 0 Å². The summed E-state index contributed by atoms with van der Waals surface area (Å²) in [5.74, 6) is -1.04. The van der Waals surface area contributed by atoms with Gasteiger partial charge >= 0.3 is 5.97 Å². The Hall–Kier alpha value is -0.870. The molecule has 90 valence electrons. The van der Waals surface area contributed by atoms with Gasteiger partial charge in [0.1, 0.15) is 0 Å². The van der Waals surface area contributed by atoms with Gasteiger partial charge in [-0.1, -0.05) is 20.8 Å². The molecule has 3 atom stereocenters. The van der Waals surface area contributed by atoms with E-state index in [1.54, 1.807) is 0 Å². The van der Waals surface area contributed by atoms with E-state index in [2.05, 4.69) is 0 Å². The van der Waals surface area contributed by atoms with E-state index in [0.29, 0.717) is 5.57 Å². The summed E-state index contributed by atoms with van der Waals surface area (Å²) in [5, 5.41) is 19.1. The largest absolute Gasteiger partial charge is 0.478 e. The van der Waals surface area contributed by atoms with Crippen molar-refractivity contribution in [2.24, 2.45) is 16.6 Å². The molecule has 16 heavy (non-hydrogen) atoms. The van der Waals surface area contributed by atoms with Gasteiger partial charge in [0, 0.05) is 17.0 Å². The SMILES string of the molecule is CC12CC[C@](N)(/C(=C\C(=O)O)C1O)C2(C)C. The summed E-state index contributed by atoms with van der Waals surface area (Å²) in [5.41, 5.74) is 5.56. The van der Waals surface area contributed by atoms with Gasteiger partial charge in [0.05, 0.1) is 6.10 Å². The maximum atomic E-state index is 10.8. The zero-order chi connectivity index (χ0) is 12.4. The smallest absolute Gasteiger partial charge is 0.328 e. The molecule has 4 N–H and O–H groups in total. The Labute approximate surface area is 95.1 Å². The second-order valence-electron chi connectivity index (χ2n) is 5.85. The molecule has 4 nitrogen and oxygen atoms in total. The fourth-order valence-corrected chi connectivity index (χ4v) is 3.50. The highest BCUT2D eigenvalue weighted by molar-refractivity contribution is 5.82. The number of carboxylic acids is 1. The van der Waals surface area contributed by atoms with Gasteiger partial charge in [-0.3, -0.25) is 0 Å². The van der Waals surface area contributed by atoms with Crippen LogP contribution in [0.5, 0.6) is 0 Å². The van der Waals surface area contributed by atoms with Gasteiger partial charge in [-0.05, 0) is 23.8 Å². The topological polar surface area (TPSA) is 83.6 Å². The first-order chi connectivity index (χ1) is 7.17. The molecule has 0 aliphatic heterocycles. The highest BCUT2D eigenvalue weighted by atomic mass is 16.4. The summed E-state index contributed by atoms with van der Waals surface area (Å²) in [6.07, 6.45) is 1.94. The van der Waals surface area contributed by atoms with Gasteiger partial charge in [0.15, 0.2) is 0 Å². The van der Waals surface area contributed by atoms with Crippen molar-refractivity contribution < 1.29 is 15.0 Å². The second-order valence-corrected chi connectivity index (χ2v) is 5.85. The average Bonchev–Trinajstić information content (AvgIpc) is 2.40. The van der Waals surface area contributed by atoms with Crippen molar-refractivity contribution in [2.45, 2.75) is 45.3 Å². The molecule has 2 unspecified atom stereocenters. The minimum Gasteiger partial charge on any atom is -0.478 e. The standard InChI is InChI=1S/C12H19NO3/c1-10(2)11(3)4-5-12(10,13)7(9(11)16)6-8(14)15/h6,9,16H,4-5,13H2,1-3H3,(H,14,15)/b7-6-/t9?,11?,12-/m0/s1. The van der Waals surface area contributed by atoms with E-state index in [0.717, 1.165) is 18.9 Å². The highest BCUT2D eigenvalue weighted by Gasteiger charge is 2.70. The van der Waals surface area contributed by atoms with Crippen molar-refractivity contribution in [1.82, 2.24) is 0 Å². The Bertz CT molecular complexity index is 385. The number of aliphatic hydroxyl groups is 1. The summed E-state index contributed by atoms with van der Waals surface area (Å²) >= 11 is 0. The summed E-state index contributed by atoms with van der Waals surface area (Å²) in [6, 6.07) is 0. The van der Waals surface area contributed by atoms with E-state index in [9.17, 15) is 9.90 Å². The van der Waals surface area contributed by atoms with E-state index in [4.69, 9.17) is 10.8 Å². The van der Waals surface area contributed by atoms with Crippen molar-refractivity contribution in [3.8, 4) is 0 Å². The number of nitrogens with two attached hydrogens (primary N) is 1. The number of hydrogen-bond donors (Lipinski definition) is 3. The molecule has 2 aliphatic rings. The Morgan fingerprint density at radius 3 is 2.38 bits per heavy atom. The molecule has 0 aromatic rings. The third-order valence-electron chi connectivity index (χ3n) is 5.27. The first kappa shape index (κ1) is 11.6. The van der Waals surface area contributed by atoms with Crippen molar-refractivity contribution in [2.75, 3.05) is 0 Å². The van der Waals surface area contributed by atoms with Crippen LogP contribution in [0.2, 0.25) is 0 Å². The molecule has 0 aromatic carbocycles. The Morgan fingerprint density at radius 2 is 2.00 bits per heavy atom. The number of hydrogen-bond acceptors (Lipinski definition) is 3. The molecule has 2 fully saturated rings. The third-order valence-corrected chi connectivity index (χ3v) is 5.27. The minimum atomic E-state index is -1.04.